The zero-order valence-corrected chi connectivity index (χ0v) is 12.2. The van der Waals surface area contributed by atoms with Crippen molar-refractivity contribution < 1.29 is 9.66 Å². The summed E-state index contributed by atoms with van der Waals surface area (Å²) in [4.78, 5) is 13.1. The summed E-state index contributed by atoms with van der Waals surface area (Å²) >= 11 is 0. The van der Waals surface area contributed by atoms with Gasteiger partial charge in [0.15, 0.2) is 5.75 Å². The van der Waals surface area contributed by atoms with E-state index in [1.807, 2.05) is 12.1 Å². The highest BCUT2D eigenvalue weighted by Gasteiger charge is 2.24. The van der Waals surface area contributed by atoms with Crippen LogP contribution in [0.1, 0.15) is 18.0 Å². The molecule has 1 aromatic carbocycles. The van der Waals surface area contributed by atoms with Gasteiger partial charge in [0.05, 0.1) is 12.0 Å². The number of nitro benzene ring substituents is 1. The Balaban J connectivity index is 2.32. The lowest BCUT2D eigenvalue weighted by Crippen LogP contribution is -2.45. The number of nitro groups is 1. The fourth-order valence-corrected chi connectivity index (χ4v) is 2.70. The Labute approximate surface area is 124 Å². The van der Waals surface area contributed by atoms with Gasteiger partial charge in [0, 0.05) is 38.3 Å². The summed E-state index contributed by atoms with van der Waals surface area (Å²) in [6.07, 6.45) is 2.63. The largest absolute Gasteiger partial charge is 0.490 e. The van der Waals surface area contributed by atoms with Crippen molar-refractivity contribution in [2.45, 2.75) is 12.5 Å². The van der Waals surface area contributed by atoms with Crippen LogP contribution < -0.4 is 10.1 Å². The van der Waals surface area contributed by atoms with Gasteiger partial charge in [-0.15, -0.1) is 6.58 Å². The van der Waals surface area contributed by atoms with Crippen molar-refractivity contribution >= 4 is 5.69 Å². The highest BCUT2D eigenvalue weighted by Crippen LogP contribution is 2.33. The van der Waals surface area contributed by atoms with Crippen LogP contribution in [0.4, 0.5) is 5.69 Å². The number of methoxy groups -OCH3 is 1. The minimum Gasteiger partial charge on any atom is -0.490 e. The van der Waals surface area contributed by atoms with E-state index in [4.69, 9.17) is 4.74 Å². The summed E-state index contributed by atoms with van der Waals surface area (Å²) < 4.78 is 5.06. The first-order valence-corrected chi connectivity index (χ1v) is 7.05. The van der Waals surface area contributed by atoms with E-state index in [0.717, 1.165) is 38.2 Å². The monoisotopic (exact) mass is 291 g/mol. The molecule has 0 aliphatic carbocycles. The Hall–Kier alpha value is -1.92. The van der Waals surface area contributed by atoms with E-state index in [9.17, 15) is 10.1 Å². The van der Waals surface area contributed by atoms with Crippen LogP contribution in [0.5, 0.6) is 5.75 Å². The number of piperazine rings is 1. The third-order valence-corrected chi connectivity index (χ3v) is 3.77. The molecule has 2 rings (SSSR count). The molecule has 0 spiro atoms. The van der Waals surface area contributed by atoms with Crippen molar-refractivity contribution in [2.75, 3.05) is 33.3 Å². The van der Waals surface area contributed by atoms with Crippen LogP contribution in [0, 0.1) is 10.1 Å². The van der Waals surface area contributed by atoms with Gasteiger partial charge in [-0.05, 0) is 18.1 Å². The van der Waals surface area contributed by atoms with Crippen molar-refractivity contribution in [2.24, 2.45) is 0 Å². The molecule has 1 heterocycles. The number of rotatable bonds is 6. The molecule has 114 valence electrons. The SMILES string of the molecule is C=CC[C@@H](c1ccc(OC)c([N+](=O)[O-])c1)N1CCNCC1. The van der Waals surface area contributed by atoms with Crippen LogP contribution in [-0.2, 0) is 0 Å². The Morgan fingerprint density at radius 1 is 1.52 bits per heavy atom. The normalized spacial score (nSPS) is 17.2. The van der Waals surface area contributed by atoms with Gasteiger partial charge >= 0.3 is 5.69 Å². The fourth-order valence-electron chi connectivity index (χ4n) is 2.70. The first-order chi connectivity index (χ1) is 10.2. The zero-order valence-electron chi connectivity index (χ0n) is 12.2. The lowest BCUT2D eigenvalue weighted by atomic mass is 10.00. The molecule has 0 bridgehead atoms. The topological polar surface area (TPSA) is 67.6 Å². The van der Waals surface area contributed by atoms with Crippen LogP contribution in [0.25, 0.3) is 0 Å². The third kappa shape index (κ3) is 3.59. The highest BCUT2D eigenvalue weighted by molar-refractivity contribution is 5.49. The van der Waals surface area contributed by atoms with E-state index in [1.165, 1.54) is 7.11 Å². The number of ether oxygens (including phenoxy) is 1. The van der Waals surface area contributed by atoms with Crippen LogP contribution >= 0.6 is 0 Å². The van der Waals surface area contributed by atoms with Gasteiger partial charge < -0.3 is 10.1 Å². The summed E-state index contributed by atoms with van der Waals surface area (Å²) in [6, 6.07) is 5.32. The highest BCUT2D eigenvalue weighted by atomic mass is 16.6. The van der Waals surface area contributed by atoms with Crippen LogP contribution in [0.15, 0.2) is 30.9 Å². The van der Waals surface area contributed by atoms with Crippen molar-refractivity contribution in [3.8, 4) is 5.75 Å². The third-order valence-electron chi connectivity index (χ3n) is 3.77. The second-order valence-electron chi connectivity index (χ2n) is 5.01. The average molecular weight is 291 g/mol. The average Bonchev–Trinajstić information content (AvgIpc) is 2.52. The lowest BCUT2D eigenvalue weighted by molar-refractivity contribution is -0.385. The molecule has 1 aliphatic rings. The molecule has 0 amide bonds. The first kappa shape index (κ1) is 15.5. The minimum absolute atomic E-state index is 0.0131. The molecule has 6 heteroatoms. The fraction of sp³-hybridized carbons (Fsp3) is 0.467. The molecular weight excluding hydrogens is 270 g/mol. The molecule has 6 nitrogen and oxygen atoms in total. The van der Waals surface area contributed by atoms with E-state index in [-0.39, 0.29) is 11.7 Å². The van der Waals surface area contributed by atoms with Crippen molar-refractivity contribution in [1.29, 1.82) is 0 Å². The summed E-state index contributed by atoms with van der Waals surface area (Å²) in [5.41, 5.74) is 0.948. The van der Waals surface area contributed by atoms with Gasteiger partial charge in [-0.25, -0.2) is 0 Å². The van der Waals surface area contributed by atoms with E-state index in [2.05, 4.69) is 16.8 Å². The minimum atomic E-state index is -0.398. The van der Waals surface area contributed by atoms with Gasteiger partial charge in [-0.2, -0.15) is 0 Å². The summed E-state index contributed by atoms with van der Waals surface area (Å²) in [5, 5.41) is 14.5. The Kier molecular flexibility index (Phi) is 5.30. The molecule has 1 atom stereocenters. The predicted octanol–water partition coefficient (Wildman–Crippen LogP) is 2.13. The summed E-state index contributed by atoms with van der Waals surface area (Å²) in [7, 11) is 1.44. The van der Waals surface area contributed by atoms with Crippen molar-refractivity contribution in [1.82, 2.24) is 10.2 Å². The maximum Gasteiger partial charge on any atom is 0.311 e. The van der Waals surface area contributed by atoms with Gasteiger partial charge in [0.2, 0.25) is 0 Å². The maximum atomic E-state index is 11.2. The van der Waals surface area contributed by atoms with E-state index in [1.54, 1.807) is 12.1 Å². The molecule has 0 aromatic heterocycles. The molecule has 1 saturated heterocycles. The van der Waals surface area contributed by atoms with E-state index < -0.39 is 4.92 Å². The van der Waals surface area contributed by atoms with Crippen molar-refractivity contribution in [3.63, 3.8) is 0 Å². The number of nitrogens with zero attached hydrogens (tertiary/aromatic N) is 2. The Morgan fingerprint density at radius 2 is 2.24 bits per heavy atom. The van der Waals surface area contributed by atoms with E-state index in [0.29, 0.717) is 5.75 Å². The van der Waals surface area contributed by atoms with Crippen LogP contribution in [0.3, 0.4) is 0 Å². The smallest absolute Gasteiger partial charge is 0.311 e. The van der Waals surface area contributed by atoms with Gasteiger partial charge in [0.25, 0.3) is 0 Å². The molecule has 0 unspecified atom stereocenters. The number of hydrogen-bond donors (Lipinski definition) is 1. The molecule has 1 aliphatic heterocycles. The zero-order chi connectivity index (χ0) is 15.2. The standard InChI is InChI=1S/C15H21N3O3/c1-3-4-13(17-9-7-16-8-10-17)12-5-6-15(21-2)14(11-12)18(19)20/h3,5-6,11,13,16H,1,4,7-10H2,2H3/t13-/m0/s1. The molecular formula is C15H21N3O3. The summed E-state index contributed by atoms with van der Waals surface area (Å²) in [6.45, 7) is 7.54. The predicted molar refractivity (Wildman–Crippen MR) is 81.6 cm³/mol. The molecule has 0 saturated carbocycles. The number of nitrogens with one attached hydrogen (secondary N) is 1. The van der Waals surface area contributed by atoms with Crippen molar-refractivity contribution in [3.05, 3.63) is 46.5 Å². The Bertz CT molecular complexity index is 513. The molecule has 1 N–H and O–H groups in total. The quantitative estimate of drug-likeness (QED) is 0.494. The molecule has 0 radical (unpaired) electrons. The van der Waals surface area contributed by atoms with Gasteiger partial charge in [-0.3, -0.25) is 15.0 Å². The van der Waals surface area contributed by atoms with E-state index >= 15 is 0 Å². The Morgan fingerprint density at radius 3 is 2.81 bits per heavy atom. The second-order valence-corrected chi connectivity index (χ2v) is 5.01. The van der Waals surface area contributed by atoms with Crippen LogP contribution in [0.2, 0.25) is 0 Å². The van der Waals surface area contributed by atoms with Gasteiger partial charge in [-0.1, -0.05) is 12.1 Å². The molecule has 1 aromatic rings. The lowest BCUT2D eigenvalue weighted by Gasteiger charge is -2.34. The molecule has 1 fully saturated rings. The second kappa shape index (κ2) is 7.19. The number of benzene rings is 1. The maximum absolute atomic E-state index is 11.2. The number of hydrogen-bond acceptors (Lipinski definition) is 5. The summed E-state index contributed by atoms with van der Waals surface area (Å²) in [5.74, 6) is 0.293. The first-order valence-electron chi connectivity index (χ1n) is 7.05. The van der Waals surface area contributed by atoms with Crippen LogP contribution in [-0.4, -0.2) is 43.1 Å². The molecule has 21 heavy (non-hydrogen) atoms. The van der Waals surface area contributed by atoms with Gasteiger partial charge in [0.1, 0.15) is 0 Å².